The smallest absolute Gasteiger partial charge is 0.253 e. The predicted octanol–water partition coefficient (Wildman–Crippen LogP) is 1.66. The molecule has 5 heteroatoms. The van der Waals surface area contributed by atoms with E-state index in [0.717, 1.165) is 12.8 Å². The fraction of sp³-hybridized carbons (Fsp3) is 0.733. The van der Waals surface area contributed by atoms with Crippen LogP contribution in [0.5, 0.6) is 0 Å². The van der Waals surface area contributed by atoms with Gasteiger partial charge in [0.15, 0.2) is 0 Å². The highest BCUT2D eigenvalue weighted by Gasteiger charge is 2.45. The molecule has 0 aromatic heterocycles. The SMILES string of the molecule is CC(C)O[C@@H]1[C@@H](OC(C)C)CC[C@@H]1N1C(=O)C=CC1=O. The van der Waals surface area contributed by atoms with Crippen LogP contribution in [-0.2, 0) is 19.1 Å². The van der Waals surface area contributed by atoms with E-state index in [1.165, 1.54) is 17.1 Å². The second kappa shape index (κ2) is 6.06. The molecule has 20 heavy (non-hydrogen) atoms. The first-order valence-corrected chi connectivity index (χ1v) is 7.26. The van der Waals surface area contributed by atoms with Crippen LogP contribution in [0.2, 0.25) is 0 Å². The van der Waals surface area contributed by atoms with Gasteiger partial charge in [-0.3, -0.25) is 14.5 Å². The lowest BCUT2D eigenvalue weighted by molar-refractivity contribution is -0.149. The molecule has 0 N–H and O–H groups in total. The van der Waals surface area contributed by atoms with E-state index in [-0.39, 0.29) is 42.3 Å². The van der Waals surface area contributed by atoms with Crippen molar-refractivity contribution in [3.63, 3.8) is 0 Å². The van der Waals surface area contributed by atoms with Crippen molar-refractivity contribution in [3.8, 4) is 0 Å². The summed E-state index contributed by atoms with van der Waals surface area (Å²) in [5, 5.41) is 0. The Morgan fingerprint density at radius 3 is 2.05 bits per heavy atom. The molecule has 1 aliphatic carbocycles. The van der Waals surface area contributed by atoms with Gasteiger partial charge in [0, 0.05) is 12.2 Å². The van der Waals surface area contributed by atoms with Gasteiger partial charge in [-0.05, 0) is 40.5 Å². The van der Waals surface area contributed by atoms with Crippen LogP contribution in [0.4, 0.5) is 0 Å². The van der Waals surface area contributed by atoms with Gasteiger partial charge in [0.25, 0.3) is 11.8 Å². The standard InChI is InChI=1S/C15H23NO4/c1-9(2)19-12-6-5-11(15(12)20-10(3)4)16-13(17)7-8-14(16)18/h7-12,15H,5-6H2,1-4H3/t11-,12-,15-/m0/s1. The van der Waals surface area contributed by atoms with Gasteiger partial charge in [-0.15, -0.1) is 0 Å². The molecule has 0 aromatic rings. The molecular formula is C15H23NO4. The van der Waals surface area contributed by atoms with E-state index in [9.17, 15) is 9.59 Å². The number of hydrogen-bond acceptors (Lipinski definition) is 4. The van der Waals surface area contributed by atoms with Crippen molar-refractivity contribution < 1.29 is 19.1 Å². The van der Waals surface area contributed by atoms with Crippen molar-refractivity contribution in [2.75, 3.05) is 0 Å². The molecule has 1 heterocycles. The van der Waals surface area contributed by atoms with Crippen LogP contribution in [0, 0.1) is 0 Å². The molecule has 112 valence electrons. The van der Waals surface area contributed by atoms with E-state index in [4.69, 9.17) is 9.47 Å². The lowest BCUT2D eigenvalue weighted by atomic mass is 10.1. The Bertz CT molecular complexity index is 398. The number of nitrogens with zero attached hydrogens (tertiary/aromatic N) is 1. The van der Waals surface area contributed by atoms with E-state index in [0.29, 0.717) is 0 Å². The molecule has 5 nitrogen and oxygen atoms in total. The zero-order chi connectivity index (χ0) is 14.9. The third-order valence-electron chi connectivity index (χ3n) is 3.54. The van der Waals surface area contributed by atoms with Crippen LogP contribution in [-0.4, -0.2) is 47.2 Å². The monoisotopic (exact) mass is 281 g/mol. The first-order chi connectivity index (χ1) is 9.40. The third kappa shape index (κ3) is 3.10. The summed E-state index contributed by atoms with van der Waals surface area (Å²) in [5.74, 6) is -0.495. The average molecular weight is 281 g/mol. The lowest BCUT2D eigenvalue weighted by Gasteiger charge is -2.32. The topological polar surface area (TPSA) is 55.8 Å². The van der Waals surface area contributed by atoms with Gasteiger partial charge in [-0.25, -0.2) is 0 Å². The largest absolute Gasteiger partial charge is 0.373 e. The maximum atomic E-state index is 11.9. The van der Waals surface area contributed by atoms with Crippen LogP contribution >= 0.6 is 0 Å². The van der Waals surface area contributed by atoms with Crippen molar-refractivity contribution >= 4 is 11.8 Å². The number of rotatable bonds is 5. The summed E-state index contributed by atoms with van der Waals surface area (Å²) in [4.78, 5) is 25.0. The summed E-state index contributed by atoms with van der Waals surface area (Å²) in [6.07, 6.45) is 4.00. The molecule has 1 fully saturated rings. The van der Waals surface area contributed by atoms with Gasteiger partial charge in [0.05, 0.1) is 24.4 Å². The maximum Gasteiger partial charge on any atom is 0.253 e. The van der Waals surface area contributed by atoms with Crippen LogP contribution in [0.25, 0.3) is 0 Å². The van der Waals surface area contributed by atoms with Crippen LogP contribution in [0.1, 0.15) is 40.5 Å². The van der Waals surface area contributed by atoms with E-state index in [1.54, 1.807) is 0 Å². The molecule has 2 amide bonds. The van der Waals surface area contributed by atoms with Crippen LogP contribution < -0.4 is 0 Å². The zero-order valence-electron chi connectivity index (χ0n) is 12.5. The van der Waals surface area contributed by atoms with Crippen molar-refractivity contribution in [2.45, 2.75) is 71.0 Å². The molecule has 0 bridgehead atoms. The summed E-state index contributed by atoms with van der Waals surface area (Å²) in [5.41, 5.74) is 0. The normalized spacial score (nSPS) is 30.3. The molecule has 1 saturated carbocycles. The van der Waals surface area contributed by atoms with E-state index < -0.39 is 0 Å². The van der Waals surface area contributed by atoms with Crippen molar-refractivity contribution in [2.24, 2.45) is 0 Å². The van der Waals surface area contributed by atoms with Gasteiger partial charge in [0.2, 0.25) is 0 Å². The van der Waals surface area contributed by atoms with Crippen LogP contribution in [0.3, 0.4) is 0 Å². The molecule has 0 radical (unpaired) electrons. The van der Waals surface area contributed by atoms with Gasteiger partial charge >= 0.3 is 0 Å². The highest BCUT2D eigenvalue weighted by molar-refractivity contribution is 6.13. The number of ether oxygens (including phenoxy) is 2. The fourth-order valence-corrected chi connectivity index (χ4v) is 2.91. The summed E-state index contributed by atoms with van der Waals surface area (Å²) < 4.78 is 11.8. The highest BCUT2D eigenvalue weighted by Crippen LogP contribution is 2.32. The molecule has 2 aliphatic rings. The first-order valence-electron chi connectivity index (χ1n) is 7.26. The number of carbonyl (C=O) groups excluding carboxylic acids is 2. The van der Waals surface area contributed by atoms with Gasteiger partial charge < -0.3 is 9.47 Å². The van der Waals surface area contributed by atoms with Crippen LogP contribution in [0.15, 0.2) is 12.2 Å². The summed E-state index contributed by atoms with van der Waals surface area (Å²) in [6.45, 7) is 7.86. The number of amides is 2. The lowest BCUT2D eigenvalue weighted by Crippen LogP contribution is -2.49. The summed E-state index contributed by atoms with van der Waals surface area (Å²) in [6, 6.07) is -0.226. The molecule has 2 rings (SSSR count). The Hall–Kier alpha value is -1.20. The molecule has 3 atom stereocenters. The van der Waals surface area contributed by atoms with E-state index in [1.807, 2.05) is 27.7 Å². The third-order valence-corrected chi connectivity index (χ3v) is 3.54. The first kappa shape index (κ1) is 15.2. The second-order valence-electron chi connectivity index (χ2n) is 5.90. The van der Waals surface area contributed by atoms with Crippen molar-refractivity contribution in [3.05, 3.63) is 12.2 Å². The quantitative estimate of drug-likeness (QED) is 0.719. The number of imide groups is 1. The summed E-state index contributed by atoms with van der Waals surface area (Å²) >= 11 is 0. The summed E-state index contributed by atoms with van der Waals surface area (Å²) in [7, 11) is 0. The van der Waals surface area contributed by atoms with Gasteiger partial charge in [-0.1, -0.05) is 0 Å². The van der Waals surface area contributed by atoms with Crippen molar-refractivity contribution in [1.29, 1.82) is 0 Å². The Morgan fingerprint density at radius 2 is 1.55 bits per heavy atom. The second-order valence-corrected chi connectivity index (χ2v) is 5.90. The molecule has 0 unspecified atom stereocenters. The van der Waals surface area contributed by atoms with E-state index in [2.05, 4.69) is 0 Å². The average Bonchev–Trinajstić information content (AvgIpc) is 2.84. The van der Waals surface area contributed by atoms with Gasteiger partial charge in [-0.2, -0.15) is 0 Å². The Morgan fingerprint density at radius 1 is 1.00 bits per heavy atom. The van der Waals surface area contributed by atoms with Gasteiger partial charge in [0.1, 0.15) is 6.10 Å². The minimum Gasteiger partial charge on any atom is -0.373 e. The zero-order valence-corrected chi connectivity index (χ0v) is 12.5. The number of carbonyl (C=O) groups is 2. The molecule has 0 saturated heterocycles. The number of hydrogen-bond donors (Lipinski definition) is 0. The Balaban J connectivity index is 2.15. The Kier molecular flexibility index (Phi) is 4.60. The molecule has 0 spiro atoms. The predicted molar refractivity (Wildman–Crippen MR) is 74.0 cm³/mol. The maximum absolute atomic E-state index is 11.9. The molecule has 0 aromatic carbocycles. The minimum absolute atomic E-state index is 0.0274. The minimum atomic E-state index is -0.248. The highest BCUT2D eigenvalue weighted by atomic mass is 16.6. The molecular weight excluding hydrogens is 258 g/mol. The van der Waals surface area contributed by atoms with E-state index >= 15 is 0 Å². The molecule has 1 aliphatic heterocycles. The van der Waals surface area contributed by atoms with Crippen molar-refractivity contribution in [1.82, 2.24) is 4.90 Å². The fourth-order valence-electron chi connectivity index (χ4n) is 2.91. The Labute approximate surface area is 119 Å².